The Bertz CT molecular complexity index is 1260. The molecule has 1 aromatic heterocycles. The molecule has 3 aromatic carbocycles. The molecule has 0 bridgehead atoms. The van der Waals surface area contributed by atoms with Gasteiger partial charge >= 0.3 is 5.69 Å². The molecular formula is C24H24BrN3O3. The molecule has 0 radical (unpaired) electrons. The van der Waals surface area contributed by atoms with Gasteiger partial charge in [0, 0.05) is 12.2 Å². The number of halogens is 1. The van der Waals surface area contributed by atoms with E-state index in [1.54, 1.807) is 0 Å². The highest BCUT2D eigenvalue weighted by Gasteiger charge is 2.13. The minimum absolute atomic E-state index is 0.210. The third-order valence-corrected chi connectivity index (χ3v) is 5.60. The average molecular weight is 482 g/mol. The van der Waals surface area contributed by atoms with Crippen molar-refractivity contribution in [1.29, 1.82) is 0 Å². The monoisotopic (exact) mass is 481 g/mol. The average Bonchev–Trinajstić information content (AvgIpc) is 3.12. The van der Waals surface area contributed by atoms with Crippen molar-refractivity contribution in [2.24, 2.45) is 0 Å². The van der Waals surface area contributed by atoms with E-state index >= 15 is 0 Å². The van der Waals surface area contributed by atoms with E-state index in [1.165, 1.54) is 5.56 Å². The largest absolute Gasteiger partial charge is 0.490 e. The second-order valence-corrected chi connectivity index (χ2v) is 8.10. The molecule has 0 saturated heterocycles. The topological polar surface area (TPSA) is 79.1 Å². The highest BCUT2D eigenvalue weighted by atomic mass is 79.9. The minimum Gasteiger partial charge on any atom is -0.490 e. The van der Waals surface area contributed by atoms with Crippen LogP contribution in [0.25, 0.3) is 11.0 Å². The van der Waals surface area contributed by atoms with Gasteiger partial charge in [0.1, 0.15) is 6.61 Å². The number of ether oxygens (including phenoxy) is 2. The molecule has 0 aliphatic heterocycles. The number of aromatic amines is 2. The van der Waals surface area contributed by atoms with Gasteiger partial charge < -0.3 is 24.8 Å². The van der Waals surface area contributed by atoms with Gasteiger partial charge in [0.15, 0.2) is 11.5 Å². The lowest BCUT2D eigenvalue weighted by atomic mass is 10.1. The Labute approximate surface area is 188 Å². The van der Waals surface area contributed by atoms with Gasteiger partial charge in [-0.25, -0.2) is 4.79 Å². The fourth-order valence-electron chi connectivity index (χ4n) is 3.40. The molecule has 31 heavy (non-hydrogen) atoms. The standard InChI is InChI=1S/C24H24BrN3O3/c1-3-30-22-11-16(13-26-18-8-9-20-21(12-18)28-24(29)27-20)10-19(25)23(22)31-14-17-7-5-4-6-15(17)2/h4-12,26H,3,13-14H2,1-2H3,(H2,27,28,29). The zero-order chi connectivity index (χ0) is 21.8. The van der Waals surface area contributed by atoms with Crippen molar-refractivity contribution in [3.63, 3.8) is 0 Å². The van der Waals surface area contributed by atoms with Crippen LogP contribution in [0.4, 0.5) is 5.69 Å². The molecule has 1 heterocycles. The van der Waals surface area contributed by atoms with Gasteiger partial charge in [0.25, 0.3) is 0 Å². The summed E-state index contributed by atoms with van der Waals surface area (Å²) in [6.45, 7) is 5.64. The number of fused-ring (bicyclic) bond motifs is 1. The Morgan fingerprint density at radius 1 is 1.00 bits per heavy atom. The number of H-pyrrole nitrogens is 2. The van der Waals surface area contributed by atoms with E-state index in [4.69, 9.17) is 9.47 Å². The molecule has 0 spiro atoms. The summed E-state index contributed by atoms with van der Waals surface area (Å²) >= 11 is 3.64. The summed E-state index contributed by atoms with van der Waals surface area (Å²) < 4.78 is 12.8. The smallest absolute Gasteiger partial charge is 0.323 e. The van der Waals surface area contributed by atoms with Crippen LogP contribution >= 0.6 is 15.9 Å². The lowest BCUT2D eigenvalue weighted by Crippen LogP contribution is -2.04. The summed E-state index contributed by atoms with van der Waals surface area (Å²) in [5.41, 5.74) is 5.63. The number of aryl methyl sites for hydroxylation is 1. The number of rotatable bonds is 8. The number of benzene rings is 3. The number of aromatic nitrogens is 2. The van der Waals surface area contributed by atoms with Gasteiger partial charge in [-0.15, -0.1) is 0 Å². The van der Waals surface area contributed by atoms with Crippen molar-refractivity contribution in [3.8, 4) is 11.5 Å². The highest BCUT2D eigenvalue weighted by molar-refractivity contribution is 9.10. The lowest BCUT2D eigenvalue weighted by Gasteiger charge is -2.17. The number of hydrogen-bond donors (Lipinski definition) is 3. The molecule has 4 aromatic rings. The van der Waals surface area contributed by atoms with E-state index in [2.05, 4.69) is 50.3 Å². The zero-order valence-corrected chi connectivity index (χ0v) is 19.0. The Hall–Kier alpha value is -3.19. The van der Waals surface area contributed by atoms with Gasteiger partial charge in [0.2, 0.25) is 0 Å². The summed E-state index contributed by atoms with van der Waals surface area (Å²) in [5.74, 6) is 1.40. The van der Waals surface area contributed by atoms with E-state index in [0.717, 1.165) is 32.3 Å². The molecular weight excluding hydrogens is 458 g/mol. The van der Waals surface area contributed by atoms with Crippen molar-refractivity contribution >= 4 is 32.7 Å². The Morgan fingerprint density at radius 2 is 1.81 bits per heavy atom. The van der Waals surface area contributed by atoms with Gasteiger partial charge in [-0.1, -0.05) is 24.3 Å². The van der Waals surface area contributed by atoms with Crippen LogP contribution in [-0.2, 0) is 13.2 Å². The van der Waals surface area contributed by atoms with Crippen molar-refractivity contribution in [3.05, 3.63) is 86.2 Å². The van der Waals surface area contributed by atoms with Crippen LogP contribution in [0, 0.1) is 6.92 Å². The van der Waals surface area contributed by atoms with Crippen molar-refractivity contribution < 1.29 is 9.47 Å². The molecule has 0 fully saturated rings. The van der Waals surface area contributed by atoms with E-state index < -0.39 is 0 Å². The van der Waals surface area contributed by atoms with Crippen LogP contribution in [0.2, 0.25) is 0 Å². The van der Waals surface area contributed by atoms with Crippen LogP contribution in [0.15, 0.2) is 63.9 Å². The molecule has 0 amide bonds. The maximum absolute atomic E-state index is 11.4. The van der Waals surface area contributed by atoms with Gasteiger partial charge in [-0.05, 0) is 76.8 Å². The predicted octanol–water partition coefficient (Wildman–Crippen LogP) is 5.52. The Balaban J connectivity index is 1.51. The SMILES string of the molecule is CCOc1cc(CNc2ccc3[nH]c(=O)[nH]c3c2)cc(Br)c1OCc1ccccc1C. The molecule has 0 saturated carbocycles. The summed E-state index contributed by atoms with van der Waals surface area (Å²) in [4.78, 5) is 17.0. The second kappa shape index (κ2) is 9.31. The van der Waals surface area contributed by atoms with Gasteiger partial charge in [-0.3, -0.25) is 0 Å². The van der Waals surface area contributed by atoms with E-state index in [-0.39, 0.29) is 5.69 Å². The van der Waals surface area contributed by atoms with Gasteiger partial charge in [-0.2, -0.15) is 0 Å². The first-order valence-corrected chi connectivity index (χ1v) is 10.9. The molecule has 0 aliphatic rings. The van der Waals surface area contributed by atoms with Crippen LogP contribution < -0.4 is 20.5 Å². The first-order chi connectivity index (χ1) is 15.0. The fourth-order valence-corrected chi connectivity index (χ4v) is 4.00. The molecule has 160 valence electrons. The van der Waals surface area contributed by atoms with Crippen LogP contribution in [0.1, 0.15) is 23.6 Å². The van der Waals surface area contributed by atoms with Crippen molar-refractivity contribution in [1.82, 2.24) is 9.97 Å². The predicted molar refractivity (Wildman–Crippen MR) is 127 cm³/mol. The second-order valence-electron chi connectivity index (χ2n) is 7.25. The summed E-state index contributed by atoms with van der Waals surface area (Å²) in [5, 5.41) is 3.39. The fraction of sp³-hybridized carbons (Fsp3) is 0.208. The summed E-state index contributed by atoms with van der Waals surface area (Å²) in [6.07, 6.45) is 0. The molecule has 0 unspecified atom stereocenters. The van der Waals surface area contributed by atoms with Crippen molar-refractivity contribution in [2.75, 3.05) is 11.9 Å². The molecule has 4 rings (SSSR count). The van der Waals surface area contributed by atoms with Crippen LogP contribution in [0.3, 0.4) is 0 Å². The molecule has 6 nitrogen and oxygen atoms in total. The number of imidazole rings is 1. The van der Waals surface area contributed by atoms with Crippen LogP contribution in [0.5, 0.6) is 11.5 Å². The normalized spacial score (nSPS) is 10.9. The zero-order valence-electron chi connectivity index (χ0n) is 17.4. The number of hydrogen-bond acceptors (Lipinski definition) is 4. The molecule has 0 aliphatic carbocycles. The summed E-state index contributed by atoms with van der Waals surface area (Å²) in [6, 6.07) is 17.9. The van der Waals surface area contributed by atoms with E-state index in [0.29, 0.717) is 31.3 Å². The van der Waals surface area contributed by atoms with Gasteiger partial charge in [0.05, 0.1) is 22.1 Å². The van der Waals surface area contributed by atoms with Crippen molar-refractivity contribution in [2.45, 2.75) is 27.0 Å². The lowest BCUT2D eigenvalue weighted by molar-refractivity contribution is 0.267. The number of anilines is 1. The molecule has 7 heteroatoms. The number of nitrogens with one attached hydrogen (secondary N) is 3. The quantitative estimate of drug-likeness (QED) is 0.309. The minimum atomic E-state index is -0.210. The Morgan fingerprint density at radius 3 is 2.61 bits per heavy atom. The molecule has 0 atom stereocenters. The van der Waals surface area contributed by atoms with Crippen LogP contribution in [-0.4, -0.2) is 16.6 Å². The van der Waals surface area contributed by atoms with E-state index in [9.17, 15) is 4.79 Å². The maximum atomic E-state index is 11.4. The first-order valence-electron chi connectivity index (χ1n) is 10.1. The third kappa shape index (κ3) is 4.94. The first kappa shape index (κ1) is 21.1. The highest BCUT2D eigenvalue weighted by Crippen LogP contribution is 2.38. The van der Waals surface area contributed by atoms with E-state index in [1.807, 2.05) is 49.4 Å². The Kier molecular flexibility index (Phi) is 6.32. The maximum Gasteiger partial charge on any atom is 0.323 e. The third-order valence-electron chi connectivity index (χ3n) is 5.02. The summed E-state index contributed by atoms with van der Waals surface area (Å²) in [7, 11) is 0. The molecule has 3 N–H and O–H groups in total.